The third kappa shape index (κ3) is 3.90. The maximum atomic E-state index is 11.1. The number of carbonyl (C=O) groups excluding carboxylic acids is 1. The molecule has 1 unspecified atom stereocenters. The first kappa shape index (κ1) is 12.5. The third-order valence-electron chi connectivity index (χ3n) is 2.60. The summed E-state index contributed by atoms with van der Waals surface area (Å²) in [7, 11) is 0. The van der Waals surface area contributed by atoms with Gasteiger partial charge in [0.25, 0.3) is 0 Å². The molecule has 1 rings (SSSR count). The van der Waals surface area contributed by atoms with E-state index in [2.05, 4.69) is 24.0 Å². The lowest BCUT2D eigenvalue weighted by Crippen LogP contribution is -2.09. The molecular formula is C15H18O. The van der Waals surface area contributed by atoms with Gasteiger partial charge in [0.2, 0.25) is 0 Å². The zero-order valence-electron chi connectivity index (χ0n) is 10.2. The van der Waals surface area contributed by atoms with Crippen molar-refractivity contribution >= 4 is 5.78 Å². The maximum Gasteiger partial charge on any atom is 0.132 e. The van der Waals surface area contributed by atoms with Gasteiger partial charge in [-0.05, 0) is 31.0 Å². The Bertz CT molecular complexity index is 403. The summed E-state index contributed by atoms with van der Waals surface area (Å²) in [6, 6.07) is 8.15. The van der Waals surface area contributed by atoms with E-state index >= 15 is 0 Å². The van der Waals surface area contributed by atoms with Gasteiger partial charge in [-0.3, -0.25) is 4.79 Å². The normalized spacial score (nSPS) is 11.4. The molecule has 1 nitrogen and oxygen atoms in total. The molecule has 0 amide bonds. The van der Waals surface area contributed by atoms with Gasteiger partial charge in [0.15, 0.2) is 0 Å². The number of hydrogen-bond acceptors (Lipinski definition) is 1. The summed E-state index contributed by atoms with van der Waals surface area (Å²) in [4.78, 5) is 11.1. The number of hydrogen-bond donors (Lipinski definition) is 0. The fourth-order valence-electron chi connectivity index (χ4n) is 1.41. The fraction of sp³-hybridized carbons (Fsp3) is 0.400. The highest BCUT2D eigenvalue weighted by molar-refractivity contribution is 5.78. The molecule has 1 atom stereocenters. The van der Waals surface area contributed by atoms with Gasteiger partial charge < -0.3 is 0 Å². The predicted octanol–water partition coefficient (Wildman–Crippen LogP) is 3.22. The number of carbonyl (C=O) groups is 1. The lowest BCUT2D eigenvalue weighted by molar-refractivity contribution is -0.120. The van der Waals surface area contributed by atoms with Gasteiger partial charge in [0.1, 0.15) is 5.78 Å². The van der Waals surface area contributed by atoms with Gasteiger partial charge >= 0.3 is 0 Å². The molecule has 84 valence electrons. The van der Waals surface area contributed by atoms with Crippen LogP contribution in [0.25, 0.3) is 0 Å². The van der Waals surface area contributed by atoms with Crippen molar-refractivity contribution < 1.29 is 4.79 Å². The van der Waals surface area contributed by atoms with E-state index in [9.17, 15) is 4.79 Å². The van der Waals surface area contributed by atoms with E-state index in [1.54, 1.807) is 6.92 Å². The summed E-state index contributed by atoms with van der Waals surface area (Å²) in [5.41, 5.74) is 2.24. The first-order chi connectivity index (χ1) is 7.63. The molecule has 0 N–H and O–H groups in total. The number of rotatable bonds is 3. The Kier molecular flexibility index (Phi) is 4.79. The zero-order valence-corrected chi connectivity index (χ0v) is 10.2. The maximum absolute atomic E-state index is 11.1. The molecule has 1 aromatic carbocycles. The van der Waals surface area contributed by atoms with Crippen LogP contribution in [-0.2, 0) is 11.2 Å². The topological polar surface area (TPSA) is 17.1 Å². The molecule has 0 aliphatic carbocycles. The van der Waals surface area contributed by atoms with Crippen molar-refractivity contribution in [1.29, 1.82) is 0 Å². The van der Waals surface area contributed by atoms with Crippen LogP contribution in [-0.4, -0.2) is 5.78 Å². The van der Waals surface area contributed by atoms with E-state index < -0.39 is 0 Å². The average Bonchev–Trinajstić information content (AvgIpc) is 2.28. The van der Waals surface area contributed by atoms with Gasteiger partial charge in [-0.15, -0.1) is 0 Å². The van der Waals surface area contributed by atoms with E-state index in [1.165, 1.54) is 5.56 Å². The van der Waals surface area contributed by atoms with Crippen LogP contribution in [0.1, 0.15) is 38.3 Å². The molecule has 0 aliphatic heterocycles. The third-order valence-corrected chi connectivity index (χ3v) is 2.60. The van der Waals surface area contributed by atoms with Crippen LogP contribution < -0.4 is 0 Å². The van der Waals surface area contributed by atoms with Crippen molar-refractivity contribution in [2.75, 3.05) is 0 Å². The van der Waals surface area contributed by atoms with Gasteiger partial charge in [-0.1, -0.05) is 37.8 Å². The minimum atomic E-state index is 0.104. The summed E-state index contributed by atoms with van der Waals surface area (Å²) < 4.78 is 0. The standard InChI is InChI=1S/C15H18O/c1-4-5-6-14-7-9-15(10-8-14)11-12(2)13(3)16/h7-10,12H,4,11H2,1-3H3. The molecule has 1 aromatic rings. The molecule has 0 spiro atoms. The van der Waals surface area contributed by atoms with Crippen LogP contribution in [0.15, 0.2) is 24.3 Å². The molecule has 0 saturated heterocycles. The molecule has 0 bridgehead atoms. The van der Waals surface area contributed by atoms with E-state index in [1.807, 2.05) is 26.0 Å². The molecule has 16 heavy (non-hydrogen) atoms. The van der Waals surface area contributed by atoms with Gasteiger partial charge in [0.05, 0.1) is 0 Å². The number of benzene rings is 1. The van der Waals surface area contributed by atoms with E-state index in [0.29, 0.717) is 0 Å². The van der Waals surface area contributed by atoms with Crippen molar-refractivity contribution in [3.05, 3.63) is 35.4 Å². The average molecular weight is 214 g/mol. The summed E-state index contributed by atoms with van der Waals surface area (Å²) in [5, 5.41) is 0. The molecule has 0 aliphatic rings. The second kappa shape index (κ2) is 6.12. The smallest absolute Gasteiger partial charge is 0.132 e. The molecule has 0 radical (unpaired) electrons. The second-order valence-electron chi connectivity index (χ2n) is 4.07. The number of ketones is 1. The van der Waals surface area contributed by atoms with Gasteiger partial charge in [0, 0.05) is 17.9 Å². The minimum Gasteiger partial charge on any atom is -0.300 e. The Morgan fingerprint density at radius 3 is 2.44 bits per heavy atom. The van der Waals surface area contributed by atoms with Crippen LogP contribution >= 0.6 is 0 Å². The summed E-state index contributed by atoms with van der Waals surface area (Å²) in [5.74, 6) is 6.47. The molecule has 0 saturated carbocycles. The summed E-state index contributed by atoms with van der Waals surface area (Å²) in [6.45, 7) is 5.65. The monoisotopic (exact) mass is 214 g/mol. The van der Waals surface area contributed by atoms with Crippen molar-refractivity contribution in [3.8, 4) is 11.8 Å². The second-order valence-corrected chi connectivity index (χ2v) is 4.07. The quantitative estimate of drug-likeness (QED) is 0.706. The Labute approximate surface area is 97.9 Å². The van der Waals surface area contributed by atoms with Crippen molar-refractivity contribution in [2.24, 2.45) is 5.92 Å². The van der Waals surface area contributed by atoms with Crippen LogP contribution in [0.5, 0.6) is 0 Å². The summed E-state index contributed by atoms with van der Waals surface area (Å²) >= 11 is 0. The van der Waals surface area contributed by atoms with Crippen LogP contribution in [0, 0.1) is 17.8 Å². The predicted molar refractivity (Wildman–Crippen MR) is 67.2 cm³/mol. The van der Waals surface area contributed by atoms with Gasteiger partial charge in [-0.2, -0.15) is 0 Å². The van der Waals surface area contributed by atoms with Crippen LogP contribution in [0.4, 0.5) is 0 Å². The van der Waals surface area contributed by atoms with Crippen LogP contribution in [0.3, 0.4) is 0 Å². The highest BCUT2D eigenvalue weighted by atomic mass is 16.1. The van der Waals surface area contributed by atoms with E-state index in [4.69, 9.17) is 0 Å². The van der Waals surface area contributed by atoms with E-state index in [-0.39, 0.29) is 11.7 Å². The Morgan fingerprint density at radius 2 is 1.94 bits per heavy atom. The highest BCUT2D eigenvalue weighted by Crippen LogP contribution is 2.10. The van der Waals surface area contributed by atoms with Gasteiger partial charge in [-0.25, -0.2) is 0 Å². The SMILES string of the molecule is CCC#Cc1ccc(CC(C)C(C)=O)cc1. The summed E-state index contributed by atoms with van der Waals surface area (Å²) in [6.07, 6.45) is 1.69. The highest BCUT2D eigenvalue weighted by Gasteiger charge is 2.07. The molecule has 0 heterocycles. The molecular weight excluding hydrogens is 196 g/mol. The Hall–Kier alpha value is -1.55. The number of Topliss-reactive ketones (excluding diaryl/α,β-unsaturated/α-hetero) is 1. The molecule has 0 fully saturated rings. The van der Waals surface area contributed by atoms with Crippen molar-refractivity contribution in [3.63, 3.8) is 0 Å². The van der Waals surface area contributed by atoms with Crippen molar-refractivity contribution in [1.82, 2.24) is 0 Å². The zero-order chi connectivity index (χ0) is 12.0. The Morgan fingerprint density at radius 1 is 1.31 bits per heavy atom. The van der Waals surface area contributed by atoms with E-state index in [0.717, 1.165) is 18.4 Å². The Balaban J connectivity index is 2.68. The minimum absolute atomic E-state index is 0.104. The first-order valence-electron chi connectivity index (χ1n) is 5.71. The fourth-order valence-corrected chi connectivity index (χ4v) is 1.41. The molecule has 0 aromatic heterocycles. The first-order valence-corrected chi connectivity index (χ1v) is 5.71. The lowest BCUT2D eigenvalue weighted by Gasteiger charge is -2.07. The lowest BCUT2D eigenvalue weighted by atomic mass is 9.97. The van der Waals surface area contributed by atoms with Crippen LogP contribution in [0.2, 0.25) is 0 Å². The van der Waals surface area contributed by atoms with Crippen molar-refractivity contribution in [2.45, 2.75) is 33.6 Å². The largest absolute Gasteiger partial charge is 0.300 e. The molecule has 1 heteroatoms.